The Kier molecular flexibility index (Phi) is 8.12. The second kappa shape index (κ2) is 12.1. The molecule has 0 N–H and O–H groups in total. The summed E-state index contributed by atoms with van der Waals surface area (Å²) in [6.07, 6.45) is 4.05. The minimum atomic E-state index is 0.226. The zero-order chi connectivity index (χ0) is 26.6. The molecule has 0 saturated carbocycles. The molecule has 3 aromatic rings. The Morgan fingerprint density at radius 3 is 2.28 bits per heavy atom. The molecule has 1 unspecified atom stereocenters. The molecule has 0 amide bonds. The highest BCUT2D eigenvalue weighted by atomic mass is 35.5. The molecule has 5 nitrogen and oxygen atoms in total. The SMILES string of the molecule is COCCN1CCN(CCc2ccc(N3CN=CC4=C3c3ccccc3C(c3ccccc3Cl)C4)cc2)CC1. The molecule has 0 radical (unpaired) electrons. The van der Waals surface area contributed by atoms with Gasteiger partial charge in [0.15, 0.2) is 0 Å². The lowest BCUT2D eigenvalue weighted by atomic mass is 9.77. The summed E-state index contributed by atoms with van der Waals surface area (Å²) in [4.78, 5) is 12.2. The summed E-state index contributed by atoms with van der Waals surface area (Å²) in [7, 11) is 1.78. The Hall–Kier alpha value is -2.96. The van der Waals surface area contributed by atoms with Gasteiger partial charge < -0.3 is 14.5 Å². The molecule has 6 rings (SSSR count). The molecule has 39 heavy (non-hydrogen) atoms. The average Bonchev–Trinajstić information content (AvgIpc) is 2.99. The van der Waals surface area contributed by atoms with Gasteiger partial charge in [0, 0.05) is 74.8 Å². The van der Waals surface area contributed by atoms with Gasteiger partial charge in [0.1, 0.15) is 6.67 Å². The summed E-state index contributed by atoms with van der Waals surface area (Å²) < 4.78 is 5.23. The van der Waals surface area contributed by atoms with Gasteiger partial charge in [-0.1, -0.05) is 66.2 Å². The van der Waals surface area contributed by atoms with E-state index in [1.807, 2.05) is 12.1 Å². The van der Waals surface area contributed by atoms with Gasteiger partial charge in [-0.15, -0.1) is 0 Å². The molecular formula is C33H37ClN4O. The number of rotatable bonds is 8. The van der Waals surface area contributed by atoms with Gasteiger partial charge in [0.05, 0.1) is 12.3 Å². The first-order chi connectivity index (χ1) is 19.2. The maximum absolute atomic E-state index is 6.67. The number of piperazine rings is 1. The summed E-state index contributed by atoms with van der Waals surface area (Å²) >= 11 is 6.67. The van der Waals surface area contributed by atoms with Gasteiger partial charge in [0.2, 0.25) is 0 Å². The van der Waals surface area contributed by atoms with E-state index in [4.69, 9.17) is 21.3 Å². The highest BCUT2D eigenvalue weighted by Gasteiger charge is 2.32. The van der Waals surface area contributed by atoms with Crippen molar-refractivity contribution in [3.63, 3.8) is 0 Å². The number of methoxy groups -OCH3 is 1. The zero-order valence-electron chi connectivity index (χ0n) is 22.7. The summed E-state index contributed by atoms with van der Waals surface area (Å²) in [5.41, 5.74) is 8.94. The van der Waals surface area contributed by atoms with Gasteiger partial charge >= 0.3 is 0 Å². The van der Waals surface area contributed by atoms with Crippen molar-refractivity contribution in [1.82, 2.24) is 9.80 Å². The number of hydrogen-bond acceptors (Lipinski definition) is 5. The molecule has 3 aromatic carbocycles. The first-order valence-corrected chi connectivity index (χ1v) is 14.5. The number of nitrogens with zero attached hydrogens (tertiary/aromatic N) is 4. The number of anilines is 1. The third-order valence-electron chi connectivity index (χ3n) is 8.38. The lowest BCUT2D eigenvalue weighted by Gasteiger charge is -2.37. The summed E-state index contributed by atoms with van der Waals surface area (Å²) in [5, 5.41) is 0.828. The van der Waals surface area contributed by atoms with Crippen LogP contribution in [0, 0.1) is 0 Å². The predicted molar refractivity (Wildman–Crippen MR) is 162 cm³/mol. The monoisotopic (exact) mass is 540 g/mol. The van der Waals surface area contributed by atoms with Gasteiger partial charge in [-0.2, -0.15) is 0 Å². The normalized spacial score (nSPS) is 19.7. The molecule has 6 heteroatoms. The Balaban J connectivity index is 1.17. The molecular weight excluding hydrogens is 504 g/mol. The van der Waals surface area contributed by atoms with Crippen LogP contribution in [0.3, 0.4) is 0 Å². The number of benzene rings is 3. The van der Waals surface area contributed by atoms with Gasteiger partial charge in [0.25, 0.3) is 0 Å². The van der Waals surface area contributed by atoms with E-state index in [9.17, 15) is 0 Å². The molecule has 1 fully saturated rings. The van der Waals surface area contributed by atoms with Crippen LogP contribution in [0.15, 0.2) is 83.4 Å². The zero-order valence-corrected chi connectivity index (χ0v) is 23.5. The van der Waals surface area contributed by atoms with Gasteiger partial charge in [-0.3, -0.25) is 9.89 Å². The van der Waals surface area contributed by atoms with Gasteiger partial charge in [-0.25, -0.2) is 0 Å². The Labute approximate surface area is 237 Å². The molecule has 1 aliphatic carbocycles. The molecule has 0 spiro atoms. The second-order valence-electron chi connectivity index (χ2n) is 10.7. The largest absolute Gasteiger partial charge is 0.383 e. The van der Waals surface area contributed by atoms with Crippen LogP contribution < -0.4 is 4.90 Å². The van der Waals surface area contributed by atoms with Crippen molar-refractivity contribution in [2.45, 2.75) is 18.8 Å². The number of fused-ring (bicyclic) bond motifs is 2. The van der Waals surface area contributed by atoms with Crippen molar-refractivity contribution in [1.29, 1.82) is 0 Å². The fourth-order valence-corrected chi connectivity index (χ4v) is 6.45. The third kappa shape index (κ3) is 5.68. The van der Waals surface area contributed by atoms with Crippen LogP contribution in [-0.2, 0) is 11.2 Å². The molecule has 0 bridgehead atoms. The second-order valence-corrected chi connectivity index (χ2v) is 11.1. The van der Waals surface area contributed by atoms with Crippen LogP contribution in [0.25, 0.3) is 5.70 Å². The fourth-order valence-electron chi connectivity index (χ4n) is 6.18. The van der Waals surface area contributed by atoms with Crippen LogP contribution >= 0.6 is 11.6 Å². The van der Waals surface area contributed by atoms with Crippen LogP contribution in [0.2, 0.25) is 5.02 Å². The number of ether oxygens (including phenoxy) is 1. The summed E-state index contributed by atoms with van der Waals surface area (Å²) in [5.74, 6) is 0.226. The van der Waals surface area contributed by atoms with Crippen LogP contribution in [-0.4, -0.2) is 75.7 Å². The van der Waals surface area contributed by atoms with Crippen molar-refractivity contribution in [3.05, 3.63) is 106 Å². The van der Waals surface area contributed by atoms with E-state index >= 15 is 0 Å². The highest BCUT2D eigenvalue weighted by molar-refractivity contribution is 6.31. The van der Waals surface area contributed by atoms with Crippen molar-refractivity contribution in [2.75, 3.05) is 64.6 Å². The van der Waals surface area contributed by atoms with Crippen LogP contribution in [0.4, 0.5) is 5.69 Å². The smallest absolute Gasteiger partial charge is 0.114 e. The maximum atomic E-state index is 6.67. The maximum Gasteiger partial charge on any atom is 0.114 e. The lowest BCUT2D eigenvalue weighted by Crippen LogP contribution is -2.47. The van der Waals surface area contributed by atoms with E-state index < -0.39 is 0 Å². The Bertz CT molecular complexity index is 1340. The van der Waals surface area contributed by atoms with E-state index in [1.54, 1.807) is 7.11 Å². The fraction of sp³-hybridized carbons (Fsp3) is 0.364. The number of halogens is 1. The third-order valence-corrected chi connectivity index (χ3v) is 8.73. The predicted octanol–water partition coefficient (Wildman–Crippen LogP) is 5.94. The summed E-state index contributed by atoms with van der Waals surface area (Å²) in [6, 6.07) is 26.2. The minimum absolute atomic E-state index is 0.226. The first kappa shape index (κ1) is 26.3. The number of hydrogen-bond donors (Lipinski definition) is 0. The molecule has 1 atom stereocenters. The van der Waals surface area contributed by atoms with Crippen molar-refractivity contribution >= 4 is 29.2 Å². The van der Waals surface area contributed by atoms with E-state index in [2.05, 4.69) is 81.6 Å². The Morgan fingerprint density at radius 1 is 0.846 bits per heavy atom. The van der Waals surface area contributed by atoms with E-state index in [0.29, 0.717) is 6.67 Å². The standard InChI is InChI=1S/C33H37ClN4O/c1-39-21-20-37-18-16-36(17-19-37)15-14-25-10-12-27(13-11-25)38-24-35-23-26-22-31(29-7-4-5-9-32(29)34)28-6-2-3-8-30(28)33(26)38/h2-13,23,31H,14-22,24H2,1H3. The van der Waals surface area contributed by atoms with E-state index in [1.165, 1.54) is 39.2 Å². The molecule has 2 aliphatic heterocycles. The molecule has 202 valence electrons. The molecule has 3 aliphatic rings. The van der Waals surface area contributed by atoms with E-state index in [-0.39, 0.29) is 5.92 Å². The number of allylic oxidation sites excluding steroid dienone is 1. The number of aliphatic imine (C=N–C) groups is 1. The van der Waals surface area contributed by atoms with Crippen LogP contribution in [0.1, 0.15) is 34.6 Å². The average molecular weight is 541 g/mol. The Morgan fingerprint density at radius 2 is 1.54 bits per heavy atom. The first-order valence-electron chi connectivity index (χ1n) is 14.1. The van der Waals surface area contributed by atoms with E-state index in [0.717, 1.165) is 63.7 Å². The molecule has 0 aromatic heterocycles. The van der Waals surface area contributed by atoms with Crippen LogP contribution in [0.5, 0.6) is 0 Å². The van der Waals surface area contributed by atoms with Crippen molar-refractivity contribution in [3.8, 4) is 0 Å². The quantitative estimate of drug-likeness (QED) is 0.354. The summed E-state index contributed by atoms with van der Waals surface area (Å²) in [6.45, 7) is 8.14. The molecule has 2 heterocycles. The minimum Gasteiger partial charge on any atom is -0.383 e. The highest BCUT2D eigenvalue weighted by Crippen LogP contribution is 2.46. The van der Waals surface area contributed by atoms with Crippen molar-refractivity contribution < 1.29 is 4.74 Å². The van der Waals surface area contributed by atoms with Crippen molar-refractivity contribution in [2.24, 2.45) is 4.99 Å². The lowest BCUT2D eigenvalue weighted by molar-refractivity contribution is 0.0976. The molecule has 1 saturated heterocycles. The topological polar surface area (TPSA) is 31.3 Å². The van der Waals surface area contributed by atoms with Gasteiger partial charge in [-0.05, 0) is 53.3 Å².